The third-order valence-electron chi connectivity index (χ3n) is 5.56. The number of hydrogen-bond donors (Lipinski definition) is 0. The minimum atomic E-state index is -3.89. The number of alkyl halides is 16. The van der Waals surface area contributed by atoms with Crippen molar-refractivity contribution in [2.75, 3.05) is 0 Å². The molecule has 0 rings (SSSR count). The molecule has 0 fully saturated rings. The van der Waals surface area contributed by atoms with Crippen LogP contribution in [0.1, 0.15) is 133 Å². The predicted molar refractivity (Wildman–Crippen MR) is 147 cm³/mol. The first-order valence-electron chi connectivity index (χ1n) is 14.6. The van der Waals surface area contributed by atoms with Crippen LogP contribution >= 0.6 is 0 Å². The van der Waals surface area contributed by atoms with E-state index < -0.39 is 66.6 Å². The number of hydrogen-bond acceptors (Lipinski definition) is 0. The lowest BCUT2D eigenvalue weighted by Crippen LogP contribution is -2.37. The van der Waals surface area contributed by atoms with E-state index >= 15 is 0 Å². The van der Waals surface area contributed by atoms with Crippen LogP contribution in [0, 0.1) is 0 Å². The van der Waals surface area contributed by atoms with E-state index in [-0.39, 0.29) is 46.0 Å². The molecule has 0 aromatic heterocycles. The molecule has 0 amide bonds. The average Bonchev–Trinajstić information content (AvgIpc) is 2.82. The van der Waals surface area contributed by atoms with Gasteiger partial charge in [0.1, 0.15) is 0 Å². The van der Waals surface area contributed by atoms with Gasteiger partial charge in [0.25, 0.3) is 11.8 Å². The molecule has 0 N–H and O–H groups in total. The third kappa shape index (κ3) is 32.6. The fourth-order valence-electron chi connectivity index (χ4n) is 2.22. The SMILES string of the molecule is CCC(C)(F)F.CCC(F)C(C)(F)F.CCCC(F)(F)C(C)(F)F.CCCC(F)C(C)(F)F.CCCCCC(F)(F)C(C)(F)F. The van der Waals surface area contributed by atoms with E-state index in [0.717, 1.165) is 13.3 Å². The van der Waals surface area contributed by atoms with Gasteiger partial charge in [0.2, 0.25) is 5.92 Å². The molecule has 0 aliphatic rings. The first kappa shape index (κ1) is 53.4. The van der Waals surface area contributed by atoms with E-state index in [1.54, 1.807) is 6.92 Å². The summed E-state index contributed by atoms with van der Waals surface area (Å²) in [4.78, 5) is 0. The van der Waals surface area contributed by atoms with Crippen LogP contribution in [0.5, 0.6) is 0 Å². The van der Waals surface area contributed by atoms with Gasteiger partial charge < -0.3 is 0 Å². The number of rotatable bonds is 14. The molecule has 2 unspecified atom stereocenters. The Morgan fingerprint density at radius 3 is 0.911 bits per heavy atom. The zero-order valence-electron chi connectivity index (χ0n) is 27.8. The molecule has 0 saturated heterocycles. The molecule has 0 radical (unpaired) electrons. The summed E-state index contributed by atoms with van der Waals surface area (Å²) in [5.41, 5.74) is 0. The molecule has 45 heavy (non-hydrogen) atoms. The van der Waals surface area contributed by atoms with Gasteiger partial charge in [0.05, 0.1) is 0 Å². The van der Waals surface area contributed by atoms with Crippen LogP contribution in [-0.4, -0.2) is 53.8 Å². The van der Waals surface area contributed by atoms with Gasteiger partial charge in [0.15, 0.2) is 12.3 Å². The molecule has 0 spiro atoms. The van der Waals surface area contributed by atoms with Crippen molar-refractivity contribution in [3.8, 4) is 0 Å². The van der Waals surface area contributed by atoms with Gasteiger partial charge in [-0.15, -0.1) is 0 Å². The minimum Gasteiger partial charge on any atom is -0.241 e. The summed E-state index contributed by atoms with van der Waals surface area (Å²) in [7, 11) is 0. The second kappa shape index (κ2) is 23.2. The van der Waals surface area contributed by atoms with Crippen LogP contribution in [0.2, 0.25) is 0 Å². The Kier molecular flexibility index (Phi) is 27.6. The lowest BCUT2D eigenvalue weighted by atomic mass is 10.1. The summed E-state index contributed by atoms with van der Waals surface area (Å²) in [6, 6.07) is 0. The molecule has 0 nitrogen and oxygen atoms in total. The number of unbranched alkanes of at least 4 members (excludes halogenated alkanes) is 2. The van der Waals surface area contributed by atoms with Crippen molar-refractivity contribution in [2.24, 2.45) is 0 Å². The summed E-state index contributed by atoms with van der Waals surface area (Å²) in [5, 5.41) is 0. The highest BCUT2D eigenvalue weighted by atomic mass is 19.3. The van der Waals surface area contributed by atoms with Crippen LogP contribution in [0.25, 0.3) is 0 Å². The topological polar surface area (TPSA) is 0 Å². The normalized spacial score (nSPS) is 14.3. The first-order chi connectivity index (χ1) is 19.6. The maximum absolute atomic E-state index is 12.5. The van der Waals surface area contributed by atoms with Gasteiger partial charge in [-0.25, -0.2) is 52.7 Å². The van der Waals surface area contributed by atoms with Gasteiger partial charge in [-0.3, -0.25) is 0 Å². The van der Waals surface area contributed by atoms with E-state index in [0.29, 0.717) is 26.7 Å². The molecular formula is C29H52F16. The van der Waals surface area contributed by atoms with E-state index in [9.17, 15) is 70.2 Å². The average molecular weight is 705 g/mol. The summed E-state index contributed by atoms with van der Waals surface area (Å²) >= 11 is 0. The maximum Gasteiger partial charge on any atom is 0.309 e. The molecule has 0 heterocycles. The van der Waals surface area contributed by atoms with Crippen LogP contribution < -0.4 is 0 Å². The fraction of sp³-hybridized carbons (Fsp3) is 1.00. The van der Waals surface area contributed by atoms with Crippen LogP contribution in [0.15, 0.2) is 0 Å². The Labute approximate surface area is 258 Å². The van der Waals surface area contributed by atoms with Crippen molar-refractivity contribution < 1.29 is 70.2 Å². The molecule has 0 bridgehead atoms. The fourth-order valence-corrected chi connectivity index (χ4v) is 2.22. The largest absolute Gasteiger partial charge is 0.309 e. The summed E-state index contributed by atoms with van der Waals surface area (Å²) in [5.74, 6) is -24.2. The van der Waals surface area contributed by atoms with Crippen LogP contribution in [0.3, 0.4) is 0 Å². The predicted octanol–water partition coefficient (Wildman–Crippen LogP) is 14.2. The zero-order chi connectivity index (χ0) is 37.7. The second-order valence-corrected chi connectivity index (χ2v) is 10.9. The Morgan fingerprint density at radius 1 is 0.444 bits per heavy atom. The molecule has 0 aliphatic carbocycles. The third-order valence-corrected chi connectivity index (χ3v) is 5.56. The molecule has 16 heteroatoms. The lowest BCUT2D eigenvalue weighted by Gasteiger charge is -2.22. The summed E-state index contributed by atoms with van der Waals surface area (Å²) in [6.45, 7) is 10.4. The van der Waals surface area contributed by atoms with Gasteiger partial charge in [-0.1, -0.05) is 60.3 Å². The highest BCUT2D eigenvalue weighted by molar-refractivity contribution is 4.80. The zero-order valence-corrected chi connectivity index (χ0v) is 27.8. The maximum atomic E-state index is 12.5. The van der Waals surface area contributed by atoms with E-state index in [1.807, 2.05) is 6.92 Å². The van der Waals surface area contributed by atoms with Gasteiger partial charge >= 0.3 is 23.7 Å². The molecule has 0 saturated carbocycles. The van der Waals surface area contributed by atoms with Crippen molar-refractivity contribution in [1.29, 1.82) is 0 Å². The highest BCUT2D eigenvalue weighted by Crippen LogP contribution is 2.38. The molecular weight excluding hydrogens is 652 g/mol. The van der Waals surface area contributed by atoms with Gasteiger partial charge in [-0.05, 0) is 26.2 Å². The smallest absolute Gasteiger partial charge is 0.241 e. The quantitative estimate of drug-likeness (QED) is 0.125. The van der Waals surface area contributed by atoms with Crippen LogP contribution in [-0.2, 0) is 0 Å². The van der Waals surface area contributed by atoms with Gasteiger partial charge in [0, 0.05) is 47.0 Å². The standard InChI is InChI=1S/C8H14F4.C6H10F4.C6H11F3.C5H9F3.C4H8F2/c1-3-4-5-6-8(11,12)7(2,9)10;1-3-4-6(9,10)5(2,7)8;1-3-4-5(7)6(2,8)9;1-3-4(6)5(2,7)8;1-3-4(2,5)6/h3-6H2,1-2H3;3-4H2,1-2H3;5H,3-4H2,1-2H3;4H,3H2,1-2H3;3H2,1-2H3. The van der Waals surface area contributed by atoms with Crippen molar-refractivity contribution in [1.82, 2.24) is 0 Å². The van der Waals surface area contributed by atoms with E-state index in [4.69, 9.17) is 0 Å². The van der Waals surface area contributed by atoms with E-state index in [1.165, 1.54) is 20.8 Å². The Balaban J connectivity index is -0.000000151. The van der Waals surface area contributed by atoms with Crippen molar-refractivity contribution in [2.45, 2.75) is 187 Å². The highest BCUT2D eigenvalue weighted by Gasteiger charge is 2.51. The lowest BCUT2D eigenvalue weighted by molar-refractivity contribution is -0.201. The molecule has 0 aromatic carbocycles. The summed E-state index contributed by atoms with van der Waals surface area (Å²) < 4.78 is 192. The Bertz CT molecular complexity index is 666. The molecule has 280 valence electrons. The van der Waals surface area contributed by atoms with E-state index in [2.05, 4.69) is 0 Å². The van der Waals surface area contributed by atoms with Crippen molar-refractivity contribution >= 4 is 0 Å². The Morgan fingerprint density at radius 2 is 0.778 bits per heavy atom. The Hall–Kier alpha value is -1.12. The second-order valence-electron chi connectivity index (χ2n) is 10.9. The first-order valence-corrected chi connectivity index (χ1v) is 14.6. The minimum absolute atomic E-state index is 0.0521. The molecule has 2 atom stereocenters. The molecule has 0 aromatic rings. The van der Waals surface area contributed by atoms with Crippen LogP contribution in [0.4, 0.5) is 70.2 Å². The molecule has 0 aliphatic heterocycles. The summed E-state index contributed by atoms with van der Waals surface area (Å²) in [6.07, 6.45) is -3.64. The van der Waals surface area contributed by atoms with Crippen molar-refractivity contribution in [3.05, 3.63) is 0 Å². The monoisotopic (exact) mass is 704 g/mol. The van der Waals surface area contributed by atoms with Crippen molar-refractivity contribution in [3.63, 3.8) is 0 Å². The van der Waals surface area contributed by atoms with Gasteiger partial charge in [-0.2, -0.15) is 17.6 Å². The number of halogens is 16.